The minimum Gasteiger partial charge on any atom is -0.297 e. The van der Waals surface area contributed by atoms with Gasteiger partial charge >= 0.3 is 0 Å². The minimum atomic E-state index is -0.269. The van der Waals surface area contributed by atoms with Crippen molar-refractivity contribution < 1.29 is 4.79 Å². The number of hydrazine groups is 1. The molecule has 0 spiro atoms. The van der Waals surface area contributed by atoms with E-state index in [-0.39, 0.29) is 5.91 Å². The molecule has 2 rings (SSSR count). The maximum Gasteiger partial charge on any atom is 0.275 e. The highest BCUT2D eigenvalue weighted by atomic mass is 32.1. The van der Waals surface area contributed by atoms with E-state index in [9.17, 15) is 4.79 Å². The van der Waals surface area contributed by atoms with E-state index in [0.29, 0.717) is 4.88 Å². The van der Waals surface area contributed by atoms with Crippen molar-refractivity contribution in [3.63, 3.8) is 0 Å². The van der Waals surface area contributed by atoms with Gasteiger partial charge in [0.15, 0.2) is 0 Å². The van der Waals surface area contributed by atoms with Crippen molar-refractivity contribution in [2.24, 2.45) is 5.84 Å². The summed E-state index contributed by atoms with van der Waals surface area (Å²) in [7, 11) is 0. The quantitative estimate of drug-likeness (QED) is 0.449. The van der Waals surface area contributed by atoms with E-state index in [2.05, 4.69) is 10.4 Å². The lowest BCUT2D eigenvalue weighted by Gasteiger charge is -1.97. The first-order valence-electron chi connectivity index (χ1n) is 4.32. The molecule has 0 aliphatic carbocycles. The minimum absolute atomic E-state index is 0.269. The highest BCUT2D eigenvalue weighted by Crippen LogP contribution is 2.25. The third-order valence-corrected chi connectivity index (χ3v) is 3.23. The molecule has 2 heterocycles. The molecule has 0 saturated heterocycles. The summed E-state index contributed by atoms with van der Waals surface area (Å²) in [6, 6.07) is 1.81. The van der Waals surface area contributed by atoms with Crippen molar-refractivity contribution in [3.8, 4) is 5.00 Å². The van der Waals surface area contributed by atoms with E-state index in [1.807, 2.05) is 23.8 Å². The van der Waals surface area contributed by atoms with Crippen LogP contribution in [0.3, 0.4) is 0 Å². The second-order valence-corrected chi connectivity index (χ2v) is 4.07. The standard InChI is InChI=1S/C9H10N4OS/c1-6-4-7(8(14)12-10)15-9(6)13-3-2-11-5-13/h2-5H,10H2,1H3,(H,12,14). The van der Waals surface area contributed by atoms with E-state index in [1.54, 1.807) is 12.5 Å². The van der Waals surface area contributed by atoms with Gasteiger partial charge in [-0.15, -0.1) is 11.3 Å². The summed E-state index contributed by atoms with van der Waals surface area (Å²) in [5.74, 6) is 4.80. The Kier molecular flexibility index (Phi) is 2.53. The molecule has 2 aromatic heterocycles. The van der Waals surface area contributed by atoms with E-state index in [1.165, 1.54) is 11.3 Å². The van der Waals surface area contributed by atoms with Crippen LogP contribution in [0.5, 0.6) is 0 Å². The average molecular weight is 222 g/mol. The fourth-order valence-corrected chi connectivity index (χ4v) is 2.32. The molecule has 78 valence electrons. The molecule has 0 atom stereocenters. The smallest absolute Gasteiger partial charge is 0.275 e. The number of nitrogens with zero attached hydrogens (tertiary/aromatic N) is 2. The monoisotopic (exact) mass is 222 g/mol. The zero-order chi connectivity index (χ0) is 10.8. The van der Waals surface area contributed by atoms with Gasteiger partial charge in [-0.25, -0.2) is 10.8 Å². The molecule has 5 nitrogen and oxygen atoms in total. The van der Waals surface area contributed by atoms with Crippen LogP contribution in [0.15, 0.2) is 24.8 Å². The van der Waals surface area contributed by atoms with Crippen LogP contribution in [0.4, 0.5) is 0 Å². The zero-order valence-corrected chi connectivity index (χ0v) is 8.91. The van der Waals surface area contributed by atoms with E-state index in [0.717, 1.165) is 10.6 Å². The van der Waals surface area contributed by atoms with Crippen molar-refractivity contribution in [2.45, 2.75) is 6.92 Å². The topological polar surface area (TPSA) is 72.9 Å². The number of carbonyl (C=O) groups excluding carboxylic acids is 1. The molecule has 0 aliphatic rings. The Morgan fingerprint density at radius 2 is 2.47 bits per heavy atom. The second kappa shape index (κ2) is 3.84. The van der Waals surface area contributed by atoms with Crippen molar-refractivity contribution in [2.75, 3.05) is 0 Å². The van der Waals surface area contributed by atoms with Crippen LogP contribution in [0.1, 0.15) is 15.2 Å². The number of imidazole rings is 1. The lowest BCUT2D eigenvalue weighted by molar-refractivity contribution is 0.0957. The number of aryl methyl sites for hydroxylation is 1. The van der Waals surface area contributed by atoms with Crippen LogP contribution >= 0.6 is 11.3 Å². The Balaban J connectivity index is 2.42. The van der Waals surface area contributed by atoms with Gasteiger partial charge in [-0.2, -0.15) is 0 Å². The third kappa shape index (κ3) is 1.77. The number of rotatable bonds is 2. The number of amides is 1. The van der Waals surface area contributed by atoms with E-state index >= 15 is 0 Å². The lowest BCUT2D eigenvalue weighted by atomic mass is 10.3. The second-order valence-electron chi connectivity index (χ2n) is 3.04. The molecule has 15 heavy (non-hydrogen) atoms. The Morgan fingerprint density at radius 3 is 3.07 bits per heavy atom. The lowest BCUT2D eigenvalue weighted by Crippen LogP contribution is -2.29. The predicted octanol–water partition coefficient (Wildman–Crippen LogP) is 0.846. The van der Waals surface area contributed by atoms with Crippen LogP contribution in [-0.4, -0.2) is 15.5 Å². The van der Waals surface area contributed by atoms with Crippen molar-refractivity contribution in [1.29, 1.82) is 0 Å². The predicted molar refractivity (Wildman–Crippen MR) is 57.8 cm³/mol. The van der Waals surface area contributed by atoms with Gasteiger partial charge in [0.05, 0.1) is 11.2 Å². The molecule has 0 aliphatic heterocycles. The summed E-state index contributed by atoms with van der Waals surface area (Å²) in [4.78, 5) is 15.9. The largest absolute Gasteiger partial charge is 0.297 e. The normalized spacial score (nSPS) is 10.3. The summed E-state index contributed by atoms with van der Waals surface area (Å²) < 4.78 is 1.87. The molecule has 0 unspecified atom stereocenters. The number of hydrogen-bond donors (Lipinski definition) is 2. The molecular formula is C9H10N4OS. The molecule has 0 aromatic carbocycles. The molecular weight excluding hydrogens is 212 g/mol. The van der Waals surface area contributed by atoms with Gasteiger partial charge in [0.25, 0.3) is 5.91 Å². The Hall–Kier alpha value is -1.66. The van der Waals surface area contributed by atoms with Crippen LogP contribution in [0, 0.1) is 6.92 Å². The van der Waals surface area contributed by atoms with E-state index in [4.69, 9.17) is 5.84 Å². The highest BCUT2D eigenvalue weighted by Gasteiger charge is 2.11. The average Bonchev–Trinajstić information content (AvgIpc) is 2.84. The maximum atomic E-state index is 11.3. The highest BCUT2D eigenvalue weighted by molar-refractivity contribution is 7.16. The van der Waals surface area contributed by atoms with Crippen molar-refractivity contribution >= 4 is 17.2 Å². The van der Waals surface area contributed by atoms with Crippen molar-refractivity contribution in [1.82, 2.24) is 15.0 Å². The Morgan fingerprint density at radius 1 is 1.67 bits per heavy atom. The van der Waals surface area contributed by atoms with Crippen LogP contribution in [0.2, 0.25) is 0 Å². The van der Waals surface area contributed by atoms with Crippen LogP contribution in [0.25, 0.3) is 5.00 Å². The van der Waals surface area contributed by atoms with Gasteiger partial charge in [-0.3, -0.25) is 14.8 Å². The maximum absolute atomic E-state index is 11.3. The summed E-state index contributed by atoms with van der Waals surface area (Å²) in [5, 5.41) is 0.978. The molecule has 0 radical (unpaired) electrons. The molecule has 0 fully saturated rings. The Labute approximate surface area is 90.5 Å². The Bertz CT molecular complexity index is 474. The number of nitrogens with two attached hydrogens (primary N) is 1. The molecule has 0 bridgehead atoms. The van der Waals surface area contributed by atoms with Crippen LogP contribution in [-0.2, 0) is 0 Å². The fraction of sp³-hybridized carbons (Fsp3) is 0.111. The molecule has 3 N–H and O–H groups in total. The summed E-state index contributed by atoms with van der Waals surface area (Å²) in [6.07, 6.45) is 5.23. The number of nitrogen functional groups attached to an aromatic ring is 1. The third-order valence-electron chi connectivity index (χ3n) is 1.99. The summed E-state index contributed by atoms with van der Waals surface area (Å²) in [6.45, 7) is 1.94. The summed E-state index contributed by atoms with van der Waals surface area (Å²) >= 11 is 1.38. The molecule has 0 saturated carbocycles. The first kappa shape index (κ1) is 9.88. The van der Waals surface area contributed by atoms with Crippen LogP contribution < -0.4 is 11.3 Å². The van der Waals surface area contributed by atoms with Gasteiger partial charge in [0.2, 0.25) is 0 Å². The van der Waals surface area contributed by atoms with Gasteiger partial charge in [0, 0.05) is 12.4 Å². The SMILES string of the molecule is Cc1cc(C(=O)NN)sc1-n1ccnc1. The zero-order valence-electron chi connectivity index (χ0n) is 8.10. The number of hydrogen-bond acceptors (Lipinski definition) is 4. The van der Waals surface area contributed by atoms with Crippen molar-refractivity contribution in [3.05, 3.63) is 35.2 Å². The van der Waals surface area contributed by atoms with Gasteiger partial charge in [-0.05, 0) is 18.6 Å². The number of thiophene rings is 1. The van der Waals surface area contributed by atoms with Gasteiger partial charge in [0.1, 0.15) is 5.00 Å². The van der Waals surface area contributed by atoms with Gasteiger partial charge < -0.3 is 0 Å². The summed E-state index contributed by atoms with van der Waals surface area (Å²) in [5.41, 5.74) is 3.14. The number of aromatic nitrogens is 2. The fourth-order valence-electron chi connectivity index (χ4n) is 1.29. The first-order valence-corrected chi connectivity index (χ1v) is 5.13. The number of nitrogens with one attached hydrogen (secondary N) is 1. The van der Waals surface area contributed by atoms with E-state index < -0.39 is 0 Å². The van der Waals surface area contributed by atoms with Gasteiger partial charge in [-0.1, -0.05) is 0 Å². The molecule has 2 aromatic rings. The number of carbonyl (C=O) groups is 1. The first-order chi connectivity index (χ1) is 7.22. The molecule has 1 amide bonds. The molecule has 6 heteroatoms.